The molecule has 1 aliphatic carbocycles. The highest BCUT2D eigenvalue weighted by Crippen LogP contribution is 2.42. The number of nitrogens with zero attached hydrogens (tertiary/aromatic N) is 1. The van der Waals surface area contributed by atoms with Crippen molar-refractivity contribution >= 4 is 32.1 Å². The fourth-order valence-corrected chi connectivity index (χ4v) is 7.00. The van der Waals surface area contributed by atoms with Crippen molar-refractivity contribution in [3.05, 3.63) is 40.3 Å². The quantitative estimate of drug-likeness (QED) is 0.607. The SMILES string of the molecule is COc1ccc([C@H](CS(=O)(=O)C2CC2)N2Cc3c(csc3NC(C)C)C2=O)cc1OC. The Morgan fingerprint density at radius 2 is 1.90 bits per heavy atom. The summed E-state index contributed by atoms with van der Waals surface area (Å²) in [7, 11) is -0.215. The molecule has 0 bridgehead atoms. The van der Waals surface area contributed by atoms with Crippen LogP contribution >= 0.6 is 11.3 Å². The van der Waals surface area contributed by atoms with Crippen molar-refractivity contribution in [3.8, 4) is 11.5 Å². The number of fused-ring (bicyclic) bond motifs is 1. The lowest BCUT2D eigenvalue weighted by molar-refractivity contribution is 0.0718. The monoisotopic (exact) mass is 464 g/mol. The summed E-state index contributed by atoms with van der Waals surface area (Å²) in [6, 6.07) is 5.00. The van der Waals surface area contributed by atoms with Gasteiger partial charge >= 0.3 is 0 Å². The smallest absolute Gasteiger partial charge is 0.255 e. The highest BCUT2D eigenvalue weighted by molar-refractivity contribution is 7.92. The molecule has 7 nitrogen and oxygen atoms in total. The van der Waals surface area contributed by atoms with Crippen LogP contribution < -0.4 is 14.8 Å². The van der Waals surface area contributed by atoms with E-state index in [4.69, 9.17) is 9.47 Å². The Morgan fingerprint density at radius 3 is 2.52 bits per heavy atom. The molecule has 0 spiro atoms. The first-order valence-electron chi connectivity index (χ1n) is 10.4. The van der Waals surface area contributed by atoms with Crippen molar-refractivity contribution in [2.45, 2.75) is 50.6 Å². The number of ether oxygens (including phenoxy) is 2. The van der Waals surface area contributed by atoms with Crippen molar-refractivity contribution in [3.63, 3.8) is 0 Å². The Labute approximate surface area is 187 Å². The third-order valence-corrected chi connectivity index (χ3v) is 8.95. The number of carbonyl (C=O) groups excluding carboxylic acids is 1. The second kappa shape index (κ2) is 8.35. The highest BCUT2D eigenvalue weighted by Gasteiger charge is 2.42. The van der Waals surface area contributed by atoms with Gasteiger partial charge in [-0.1, -0.05) is 6.07 Å². The van der Waals surface area contributed by atoms with Gasteiger partial charge in [-0.05, 0) is 44.4 Å². The zero-order chi connectivity index (χ0) is 22.3. The Hall–Kier alpha value is -2.26. The molecule has 1 fully saturated rings. The molecule has 0 radical (unpaired) electrons. The first kappa shape index (κ1) is 22.0. The van der Waals surface area contributed by atoms with Crippen molar-refractivity contribution in [2.24, 2.45) is 0 Å². The second-order valence-electron chi connectivity index (χ2n) is 8.35. The highest BCUT2D eigenvalue weighted by atomic mass is 32.2. The van der Waals surface area contributed by atoms with Crippen LogP contribution in [0.3, 0.4) is 0 Å². The molecule has 0 unspecified atom stereocenters. The summed E-state index contributed by atoms with van der Waals surface area (Å²) in [5.41, 5.74) is 2.32. The van der Waals surface area contributed by atoms with Crippen LogP contribution in [0.15, 0.2) is 23.6 Å². The number of hydrogen-bond acceptors (Lipinski definition) is 7. The van der Waals surface area contributed by atoms with Gasteiger partial charge in [-0.25, -0.2) is 8.42 Å². The van der Waals surface area contributed by atoms with E-state index in [0.717, 1.165) is 16.1 Å². The maximum atomic E-state index is 13.3. The van der Waals surface area contributed by atoms with Crippen molar-refractivity contribution < 1.29 is 22.7 Å². The molecule has 2 aliphatic rings. The van der Waals surface area contributed by atoms with Gasteiger partial charge in [-0.2, -0.15) is 0 Å². The third kappa shape index (κ3) is 4.25. The van der Waals surface area contributed by atoms with Crippen LogP contribution in [0.25, 0.3) is 0 Å². The lowest BCUT2D eigenvalue weighted by Gasteiger charge is -2.29. The number of carbonyl (C=O) groups is 1. The van der Waals surface area contributed by atoms with Gasteiger partial charge in [0.25, 0.3) is 5.91 Å². The molecule has 1 N–H and O–H groups in total. The van der Waals surface area contributed by atoms with Crippen molar-refractivity contribution in [1.29, 1.82) is 0 Å². The van der Waals surface area contributed by atoms with E-state index in [1.54, 1.807) is 31.3 Å². The van der Waals surface area contributed by atoms with E-state index in [1.165, 1.54) is 11.3 Å². The zero-order valence-electron chi connectivity index (χ0n) is 18.2. The minimum Gasteiger partial charge on any atom is -0.493 e. The largest absolute Gasteiger partial charge is 0.493 e. The number of rotatable bonds is 9. The van der Waals surface area contributed by atoms with Crippen molar-refractivity contribution in [2.75, 3.05) is 25.3 Å². The van der Waals surface area contributed by atoms with Crippen LogP contribution in [0.5, 0.6) is 11.5 Å². The normalized spacial score (nSPS) is 17.1. The standard InChI is InChI=1S/C22H28N2O5S2/c1-13(2)23-21-16-10-24(22(25)17(16)11-30-21)18(12-31(26,27)15-6-7-15)14-5-8-19(28-3)20(9-14)29-4/h5,8-9,11,13,15,18,23H,6-7,10,12H2,1-4H3/t18-/m0/s1. The third-order valence-electron chi connectivity index (χ3n) is 5.72. The average molecular weight is 465 g/mol. The minimum atomic E-state index is -3.31. The van der Waals surface area contributed by atoms with E-state index < -0.39 is 15.9 Å². The van der Waals surface area contributed by atoms with Gasteiger partial charge in [0.1, 0.15) is 0 Å². The van der Waals surface area contributed by atoms with Gasteiger partial charge in [-0.15, -0.1) is 11.3 Å². The van der Waals surface area contributed by atoms with Crippen LogP contribution in [-0.2, 0) is 16.4 Å². The van der Waals surface area contributed by atoms with Gasteiger partial charge in [0.15, 0.2) is 21.3 Å². The molecule has 31 heavy (non-hydrogen) atoms. The summed E-state index contributed by atoms with van der Waals surface area (Å²) < 4.78 is 36.6. The van der Waals surface area contributed by atoms with Crippen molar-refractivity contribution in [1.82, 2.24) is 4.90 Å². The Bertz CT molecular complexity index is 1090. The van der Waals surface area contributed by atoms with Crippen LogP contribution in [0.2, 0.25) is 0 Å². The number of anilines is 1. The number of methoxy groups -OCH3 is 2. The number of thiophene rings is 1. The summed E-state index contributed by atoms with van der Waals surface area (Å²) in [5.74, 6) is 0.843. The summed E-state index contributed by atoms with van der Waals surface area (Å²) in [4.78, 5) is 15.0. The Kier molecular flexibility index (Phi) is 5.91. The number of sulfone groups is 1. The number of hydrogen-bond donors (Lipinski definition) is 1. The van der Waals surface area contributed by atoms with Gasteiger partial charge in [0.2, 0.25) is 0 Å². The lowest BCUT2D eigenvalue weighted by atomic mass is 10.1. The van der Waals surface area contributed by atoms with Gasteiger partial charge in [-0.3, -0.25) is 4.79 Å². The molecule has 2 aromatic rings. The van der Waals surface area contributed by atoms with Crippen LogP contribution in [0.1, 0.15) is 54.2 Å². The van der Waals surface area contributed by atoms with E-state index in [2.05, 4.69) is 19.2 Å². The number of amides is 1. The molecule has 0 saturated heterocycles. The lowest BCUT2D eigenvalue weighted by Crippen LogP contribution is -2.35. The topological polar surface area (TPSA) is 84.9 Å². The summed E-state index contributed by atoms with van der Waals surface area (Å²) in [6.45, 7) is 4.48. The molecule has 2 heterocycles. The summed E-state index contributed by atoms with van der Waals surface area (Å²) in [6.07, 6.45) is 1.40. The van der Waals surface area contributed by atoms with Crippen LogP contribution in [0, 0.1) is 0 Å². The summed E-state index contributed by atoms with van der Waals surface area (Å²) in [5, 5.41) is 5.94. The maximum Gasteiger partial charge on any atom is 0.255 e. The predicted molar refractivity (Wildman–Crippen MR) is 122 cm³/mol. The van der Waals surface area contributed by atoms with Crippen LogP contribution in [0.4, 0.5) is 5.00 Å². The molecule has 1 aromatic carbocycles. The van der Waals surface area contributed by atoms with E-state index in [0.29, 0.717) is 36.4 Å². The molecule has 1 aliphatic heterocycles. The molecule has 168 valence electrons. The number of benzene rings is 1. The fraction of sp³-hybridized carbons (Fsp3) is 0.500. The molecule has 1 atom stereocenters. The molecule has 1 aromatic heterocycles. The molecule has 9 heteroatoms. The van der Waals surface area contributed by atoms with E-state index in [1.807, 2.05) is 11.4 Å². The minimum absolute atomic E-state index is 0.0977. The second-order valence-corrected chi connectivity index (χ2v) is 11.6. The fourth-order valence-electron chi connectivity index (χ4n) is 3.96. The Morgan fingerprint density at radius 1 is 1.19 bits per heavy atom. The molecule has 1 amide bonds. The molecular weight excluding hydrogens is 436 g/mol. The van der Waals surface area contributed by atoms with Gasteiger partial charge in [0.05, 0.1) is 48.4 Å². The maximum absolute atomic E-state index is 13.3. The molecular formula is C22H28N2O5S2. The van der Waals surface area contributed by atoms with E-state index in [-0.39, 0.29) is 23.0 Å². The first-order chi connectivity index (χ1) is 14.7. The first-order valence-corrected chi connectivity index (χ1v) is 13.0. The van der Waals surface area contributed by atoms with E-state index in [9.17, 15) is 13.2 Å². The molecule has 1 saturated carbocycles. The number of nitrogens with one attached hydrogen (secondary N) is 1. The Balaban J connectivity index is 1.71. The zero-order valence-corrected chi connectivity index (χ0v) is 19.8. The summed E-state index contributed by atoms with van der Waals surface area (Å²) >= 11 is 1.52. The van der Waals surface area contributed by atoms with E-state index >= 15 is 0 Å². The molecule has 4 rings (SSSR count). The van der Waals surface area contributed by atoms with Gasteiger partial charge in [0, 0.05) is 17.0 Å². The average Bonchev–Trinajstić information content (AvgIpc) is 3.46. The van der Waals surface area contributed by atoms with Gasteiger partial charge < -0.3 is 19.7 Å². The van der Waals surface area contributed by atoms with Crippen LogP contribution in [-0.4, -0.2) is 50.5 Å². The predicted octanol–water partition coefficient (Wildman–Crippen LogP) is 3.86.